The van der Waals surface area contributed by atoms with Crippen LogP contribution in [0.25, 0.3) is 60.6 Å². The summed E-state index contributed by atoms with van der Waals surface area (Å²) in [6.45, 7) is 20.5. The Labute approximate surface area is 458 Å². The zero-order valence-electron chi connectivity index (χ0n) is 45.9. The summed E-state index contributed by atoms with van der Waals surface area (Å²) in [5, 5.41) is 4.66. The van der Waals surface area contributed by atoms with Crippen LogP contribution in [0.1, 0.15) is 79.0 Å². The minimum Gasteiger partial charge on any atom is -0.458 e. The molecule has 0 radical (unpaired) electrons. The van der Waals surface area contributed by atoms with Gasteiger partial charge in [-0.2, -0.15) is 0 Å². The summed E-state index contributed by atoms with van der Waals surface area (Å²) < 4.78 is 17.3. The van der Waals surface area contributed by atoms with Gasteiger partial charge in [0.2, 0.25) is 0 Å². The first-order chi connectivity index (χ1) is 37.6. The monoisotopic (exact) mass is 1010 g/mol. The van der Waals surface area contributed by atoms with Gasteiger partial charge in [-0.3, -0.25) is 0 Å². The number of hydrogen-bond donors (Lipinski definition) is 0. The number of ether oxygens (including phenoxy) is 1. The number of anilines is 6. The van der Waals surface area contributed by atoms with Crippen LogP contribution in [0.15, 0.2) is 217 Å². The largest absolute Gasteiger partial charge is 0.458 e. The first-order valence-electron chi connectivity index (χ1n) is 27.5. The summed E-state index contributed by atoms with van der Waals surface area (Å²) >= 11 is 0. The van der Waals surface area contributed by atoms with E-state index in [9.17, 15) is 0 Å². The molecule has 2 aliphatic rings. The second-order valence-corrected chi connectivity index (χ2v) is 24.6. The number of furan rings is 1. The van der Waals surface area contributed by atoms with Crippen molar-refractivity contribution in [3.05, 3.63) is 229 Å². The first-order valence-corrected chi connectivity index (χ1v) is 27.5. The SMILES string of the molecule is CC(C)(C)c1ccc(N2c3cccc4c3B(c3ccc(N(c5ccccc5)c5ccccc5-c5ccccc5)cc3O4)c3c2cc(-n2c4ccc(C(C)(C)C)cc4c4cc(C(C)(C)C)ccc42)c2c3oc3ccccc32)cc1. The first kappa shape index (κ1) is 47.7. The third-order valence-corrected chi connectivity index (χ3v) is 16.5. The summed E-state index contributed by atoms with van der Waals surface area (Å²) in [5.74, 6) is 1.65. The standard InChI is InChI=1S/C72H62BN3O2/c1-70(2,3)46-31-35-50(36-32-46)75-60-28-20-30-64-67(60)73(56-38-37-51(43-65(56)77-64)74(49-23-14-11-15-24-49)57-27-18-16-25-52(57)45-21-12-10-13-22-45)68-62(75)44-61(66-53-26-17-19-29-63(53)78-69(66)68)76-58-39-33-47(71(4,5)6)41-54(58)55-42-48(72(7,8)9)34-40-59(55)76/h10-44H,1-9H3. The molecule has 2 aliphatic heterocycles. The minimum absolute atomic E-state index is 0.0185. The Balaban J connectivity index is 1.06. The number of fused-ring (bicyclic) bond motifs is 11. The van der Waals surface area contributed by atoms with E-state index in [1.54, 1.807) is 0 Å². The van der Waals surface area contributed by atoms with E-state index in [2.05, 4.69) is 289 Å². The average Bonchev–Trinajstić information content (AvgIpc) is 4.16. The van der Waals surface area contributed by atoms with Crippen molar-refractivity contribution in [1.82, 2.24) is 4.57 Å². The van der Waals surface area contributed by atoms with E-state index < -0.39 is 0 Å². The van der Waals surface area contributed by atoms with E-state index in [1.165, 1.54) is 27.5 Å². The molecule has 2 aromatic heterocycles. The summed E-state index contributed by atoms with van der Waals surface area (Å²) in [4.78, 5) is 4.83. The normalized spacial score (nSPS) is 13.2. The van der Waals surface area contributed by atoms with Gasteiger partial charge in [-0.05, 0) is 140 Å². The van der Waals surface area contributed by atoms with Crippen molar-refractivity contribution in [1.29, 1.82) is 0 Å². The summed E-state index contributed by atoms with van der Waals surface area (Å²) in [6, 6.07) is 78.0. The molecule has 0 amide bonds. The van der Waals surface area contributed by atoms with Crippen LogP contribution in [0.4, 0.5) is 34.1 Å². The fourth-order valence-electron chi connectivity index (χ4n) is 12.5. The molecule has 0 saturated carbocycles. The summed E-state index contributed by atoms with van der Waals surface area (Å²) in [6.07, 6.45) is 0. The van der Waals surface area contributed by atoms with E-state index in [4.69, 9.17) is 9.15 Å². The Morgan fingerprint density at radius 2 is 1.05 bits per heavy atom. The highest BCUT2D eigenvalue weighted by atomic mass is 16.5. The minimum atomic E-state index is -0.241. The Morgan fingerprint density at radius 1 is 0.436 bits per heavy atom. The molecule has 5 nitrogen and oxygen atoms in total. The molecule has 6 heteroatoms. The highest BCUT2D eigenvalue weighted by molar-refractivity contribution is 7.00. The molecule has 0 aliphatic carbocycles. The van der Waals surface area contributed by atoms with E-state index in [0.29, 0.717) is 0 Å². The molecule has 14 rings (SSSR count). The molecular formula is C72H62BN3O2. The van der Waals surface area contributed by atoms with Gasteiger partial charge >= 0.3 is 0 Å². The second-order valence-electron chi connectivity index (χ2n) is 24.6. The molecule has 4 heterocycles. The molecule has 380 valence electrons. The van der Waals surface area contributed by atoms with E-state index in [-0.39, 0.29) is 23.0 Å². The second kappa shape index (κ2) is 17.4. The summed E-state index contributed by atoms with van der Waals surface area (Å²) in [5.41, 5.74) is 20.9. The lowest BCUT2D eigenvalue weighted by Crippen LogP contribution is -2.59. The molecule has 0 atom stereocenters. The number of nitrogens with zero attached hydrogens (tertiary/aromatic N) is 3. The number of benzene rings is 10. The Bertz CT molecular complexity index is 4290. The van der Waals surface area contributed by atoms with Crippen LogP contribution < -0.4 is 30.9 Å². The lowest BCUT2D eigenvalue weighted by atomic mass is 9.34. The third kappa shape index (κ3) is 7.51. The van der Waals surface area contributed by atoms with Gasteiger partial charge in [-0.25, -0.2) is 0 Å². The van der Waals surface area contributed by atoms with E-state index in [1.807, 2.05) is 0 Å². The van der Waals surface area contributed by atoms with Crippen molar-refractivity contribution in [2.45, 2.75) is 78.6 Å². The maximum Gasteiger partial charge on any atom is 0.261 e. The molecule has 0 saturated heterocycles. The van der Waals surface area contributed by atoms with Crippen molar-refractivity contribution in [2.75, 3.05) is 9.80 Å². The number of hydrogen-bond acceptors (Lipinski definition) is 4. The van der Waals surface area contributed by atoms with Crippen LogP contribution in [0.5, 0.6) is 11.5 Å². The quantitative estimate of drug-likeness (QED) is 0.155. The van der Waals surface area contributed by atoms with Crippen molar-refractivity contribution in [2.24, 2.45) is 0 Å². The van der Waals surface area contributed by atoms with Crippen LogP contribution in [-0.2, 0) is 16.2 Å². The van der Waals surface area contributed by atoms with Crippen molar-refractivity contribution < 1.29 is 9.15 Å². The maximum absolute atomic E-state index is 7.46. The topological polar surface area (TPSA) is 33.8 Å². The molecule has 78 heavy (non-hydrogen) atoms. The smallest absolute Gasteiger partial charge is 0.261 e. The van der Waals surface area contributed by atoms with Crippen molar-refractivity contribution in [3.63, 3.8) is 0 Å². The van der Waals surface area contributed by atoms with Gasteiger partial charge in [0.1, 0.15) is 22.7 Å². The number of rotatable bonds is 6. The van der Waals surface area contributed by atoms with Crippen LogP contribution in [0, 0.1) is 0 Å². The fraction of sp³-hybridized carbons (Fsp3) is 0.167. The van der Waals surface area contributed by atoms with Gasteiger partial charge < -0.3 is 23.5 Å². The van der Waals surface area contributed by atoms with Crippen LogP contribution in [0.3, 0.4) is 0 Å². The van der Waals surface area contributed by atoms with Gasteiger partial charge in [0.05, 0.1) is 27.8 Å². The summed E-state index contributed by atoms with van der Waals surface area (Å²) in [7, 11) is 0. The Morgan fingerprint density at radius 3 is 1.73 bits per heavy atom. The Kier molecular flexibility index (Phi) is 10.6. The third-order valence-electron chi connectivity index (χ3n) is 16.5. The number of para-hydroxylation sites is 3. The zero-order valence-corrected chi connectivity index (χ0v) is 45.9. The molecule has 0 fully saturated rings. The molecule has 0 spiro atoms. The van der Waals surface area contributed by atoms with Crippen molar-refractivity contribution >= 4 is 101 Å². The average molecular weight is 1010 g/mol. The maximum atomic E-state index is 7.46. The van der Waals surface area contributed by atoms with Gasteiger partial charge in [0.15, 0.2) is 0 Å². The molecule has 0 unspecified atom stereocenters. The predicted molar refractivity (Wildman–Crippen MR) is 330 cm³/mol. The lowest BCUT2D eigenvalue weighted by molar-refractivity contribution is 0.487. The van der Waals surface area contributed by atoms with Gasteiger partial charge in [0.25, 0.3) is 6.71 Å². The predicted octanol–water partition coefficient (Wildman–Crippen LogP) is 18.1. The molecule has 10 aromatic carbocycles. The van der Waals surface area contributed by atoms with Crippen molar-refractivity contribution in [3.8, 4) is 28.3 Å². The molecule has 0 bridgehead atoms. The molecule has 12 aromatic rings. The van der Waals surface area contributed by atoms with Crippen LogP contribution in [-0.4, -0.2) is 11.3 Å². The van der Waals surface area contributed by atoms with Crippen LogP contribution in [0.2, 0.25) is 0 Å². The van der Waals surface area contributed by atoms with Gasteiger partial charge in [-0.15, -0.1) is 0 Å². The zero-order chi connectivity index (χ0) is 53.4. The van der Waals surface area contributed by atoms with Gasteiger partial charge in [0, 0.05) is 56.2 Å². The van der Waals surface area contributed by atoms with E-state index in [0.717, 1.165) is 112 Å². The highest BCUT2D eigenvalue weighted by Gasteiger charge is 2.45. The Hall–Kier alpha value is -8.74. The van der Waals surface area contributed by atoms with Crippen LogP contribution >= 0.6 is 0 Å². The van der Waals surface area contributed by atoms with Gasteiger partial charge in [-0.1, -0.05) is 184 Å². The molecule has 0 N–H and O–H groups in total. The molecular weight excluding hydrogens is 950 g/mol. The highest BCUT2D eigenvalue weighted by Crippen LogP contribution is 2.49. The lowest BCUT2D eigenvalue weighted by Gasteiger charge is -2.40. The van der Waals surface area contributed by atoms with E-state index >= 15 is 0 Å². The number of aromatic nitrogens is 1. The fourth-order valence-corrected chi connectivity index (χ4v) is 12.5.